The van der Waals surface area contributed by atoms with Gasteiger partial charge in [0.1, 0.15) is 0 Å². The summed E-state index contributed by atoms with van der Waals surface area (Å²) in [7, 11) is 0. The van der Waals surface area contributed by atoms with Crippen LogP contribution in [0, 0.1) is 0 Å². The molecule has 0 bridgehead atoms. The Hall–Kier alpha value is -1.26. The van der Waals surface area contributed by atoms with Gasteiger partial charge >= 0.3 is 0 Å². The molecule has 1 aliphatic rings. The van der Waals surface area contributed by atoms with E-state index in [9.17, 15) is 4.79 Å². The standard InChI is InChI=1S/C17H16BrNOS/c1-11(18)13-7-3-4-8-14(13)19-17(20)16-10-12-6-2-5-9-15(12)21-16/h2-9,11,16H,10H2,1H3,(H,19,20). The SMILES string of the molecule is CC(Br)c1ccccc1NC(=O)C1Cc2ccccc2S1. The monoisotopic (exact) mass is 361 g/mol. The van der Waals surface area contributed by atoms with Crippen LogP contribution < -0.4 is 5.32 Å². The number of fused-ring (bicyclic) bond motifs is 1. The summed E-state index contributed by atoms with van der Waals surface area (Å²) in [5, 5.41) is 3.04. The second-order valence-electron chi connectivity index (χ2n) is 5.11. The third-order valence-corrected chi connectivity index (χ3v) is 5.40. The predicted octanol–water partition coefficient (Wildman–Crippen LogP) is 4.80. The van der Waals surface area contributed by atoms with Gasteiger partial charge in [-0.25, -0.2) is 0 Å². The fourth-order valence-electron chi connectivity index (χ4n) is 2.50. The third-order valence-electron chi connectivity index (χ3n) is 3.59. The second kappa shape index (κ2) is 6.24. The van der Waals surface area contributed by atoms with Gasteiger partial charge in [-0.3, -0.25) is 4.79 Å². The lowest BCUT2D eigenvalue weighted by atomic mass is 10.1. The average Bonchev–Trinajstić information content (AvgIpc) is 2.91. The quantitative estimate of drug-likeness (QED) is 0.795. The van der Waals surface area contributed by atoms with Gasteiger partial charge in [0.15, 0.2) is 0 Å². The Labute approximate surface area is 137 Å². The summed E-state index contributed by atoms with van der Waals surface area (Å²) in [6.45, 7) is 2.06. The van der Waals surface area contributed by atoms with Crippen molar-refractivity contribution in [3.63, 3.8) is 0 Å². The Morgan fingerprint density at radius 2 is 1.95 bits per heavy atom. The first kappa shape index (κ1) is 14.7. The molecule has 2 aromatic rings. The van der Waals surface area contributed by atoms with E-state index in [0.29, 0.717) is 0 Å². The first-order chi connectivity index (χ1) is 10.1. The van der Waals surface area contributed by atoms with Crippen LogP contribution in [0.15, 0.2) is 53.4 Å². The number of thioether (sulfide) groups is 1. The first-order valence-corrected chi connectivity index (χ1v) is 8.73. The minimum atomic E-state index is -0.0407. The predicted molar refractivity (Wildman–Crippen MR) is 92.2 cm³/mol. The molecule has 3 rings (SSSR count). The Kier molecular flexibility index (Phi) is 4.36. The van der Waals surface area contributed by atoms with Crippen molar-refractivity contribution in [3.8, 4) is 0 Å². The summed E-state index contributed by atoms with van der Waals surface area (Å²) in [5.74, 6) is 0.0804. The number of nitrogens with one attached hydrogen (secondary N) is 1. The maximum Gasteiger partial charge on any atom is 0.238 e. The van der Waals surface area contributed by atoms with Crippen LogP contribution in [0.25, 0.3) is 0 Å². The van der Waals surface area contributed by atoms with Gasteiger partial charge in [-0.15, -0.1) is 11.8 Å². The average molecular weight is 362 g/mol. The maximum atomic E-state index is 12.5. The van der Waals surface area contributed by atoms with Crippen molar-refractivity contribution in [2.75, 3.05) is 5.32 Å². The summed E-state index contributed by atoms with van der Waals surface area (Å²) in [4.78, 5) is 13.9. The van der Waals surface area contributed by atoms with Gasteiger partial charge in [-0.1, -0.05) is 52.3 Å². The van der Waals surface area contributed by atoms with E-state index in [4.69, 9.17) is 0 Å². The summed E-state index contributed by atoms with van der Waals surface area (Å²) in [6, 6.07) is 16.2. The molecule has 0 saturated heterocycles. The van der Waals surface area contributed by atoms with E-state index >= 15 is 0 Å². The van der Waals surface area contributed by atoms with Crippen LogP contribution in [-0.2, 0) is 11.2 Å². The Morgan fingerprint density at radius 1 is 1.24 bits per heavy atom. The molecular weight excluding hydrogens is 346 g/mol. The molecule has 0 saturated carbocycles. The zero-order valence-corrected chi connectivity index (χ0v) is 14.1. The molecular formula is C17H16BrNOS. The van der Waals surface area contributed by atoms with Crippen LogP contribution in [0.3, 0.4) is 0 Å². The molecule has 0 aromatic heterocycles. The summed E-state index contributed by atoms with van der Waals surface area (Å²) < 4.78 is 0. The molecule has 1 heterocycles. The minimum Gasteiger partial charge on any atom is -0.325 e. The number of anilines is 1. The molecule has 1 aliphatic heterocycles. The Bertz CT molecular complexity index is 646. The van der Waals surface area contributed by atoms with Crippen molar-refractivity contribution < 1.29 is 4.79 Å². The molecule has 1 N–H and O–H groups in total. The van der Waals surface area contributed by atoms with E-state index in [2.05, 4.69) is 40.3 Å². The molecule has 0 spiro atoms. The smallest absolute Gasteiger partial charge is 0.238 e. The highest BCUT2D eigenvalue weighted by Gasteiger charge is 2.28. The zero-order valence-electron chi connectivity index (χ0n) is 11.7. The first-order valence-electron chi connectivity index (χ1n) is 6.93. The number of hydrogen-bond donors (Lipinski definition) is 1. The number of hydrogen-bond acceptors (Lipinski definition) is 2. The number of benzene rings is 2. The van der Waals surface area contributed by atoms with Gasteiger partial charge in [-0.2, -0.15) is 0 Å². The number of para-hydroxylation sites is 1. The Morgan fingerprint density at radius 3 is 2.71 bits per heavy atom. The van der Waals surface area contributed by atoms with E-state index in [1.807, 2.05) is 36.4 Å². The molecule has 4 heteroatoms. The number of halogens is 1. The highest BCUT2D eigenvalue weighted by atomic mass is 79.9. The van der Waals surface area contributed by atoms with Gasteiger partial charge < -0.3 is 5.32 Å². The van der Waals surface area contributed by atoms with E-state index in [0.717, 1.165) is 17.7 Å². The molecule has 2 nitrogen and oxygen atoms in total. The molecule has 108 valence electrons. The van der Waals surface area contributed by atoms with Crippen LogP contribution >= 0.6 is 27.7 Å². The molecule has 2 aromatic carbocycles. The topological polar surface area (TPSA) is 29.1 Å². The van der Waals surface area contributed by atoms with Crippen molar-refractivity contribution in [2.45, 2.75) is 28.3 Å². The van der Waals surface area contributed by atoms with Crippen molar-refractivity contribution in [1.82, 2.24) is 0 Å². The largest absolute Gasteiger partial charge is 0.325 e. The Balaban J connectivity index is 1.74. The van der Waals surface area contributed by atoms with Crippen molar-refractivity contribution in [3.05, 3.63) is 59.7 Å². The minimum absolute atomic E-state index is 0.0407. The lowest BCUT2D eigenvalue weighted by molar-refractivity contribution is -0.115. The van der Waals surface area contributed by atoms with E-state index in [1.54, 1.807) is 11.8 Å². The van der Waals surface area contributed by atoms with Gasteiger partial charge in [0.05, 0.1) is 5.25 Å². The summed E-state index contributed by atoms with van der Waals surface area (Å²) in [6.07, 6.45) is 0.804. The molecule has 21 heavy (non-hydrogen) atoms. The van der Waals surface area contributed by atoms with Gasteiger partial charge in [0, 0.05) is 15.4 Å². The number of rotatable bonds is 3. The number of carbonyl (C=O) groups excluding carboxylic acids is 1. The molecule has 1 amide bonds. The van der Waals surface area contributed by atoms with Gasteiger partial charge in [0.25, 0.3) is 0 Å². The highest BCUT2D eigenvalue weighted by molar-refractivity contribution is 9.09. The van der Waals surface area contributed by atoms with Crippen molar-refractivity contribution >= 4 is 39.3 Å². The number of carbonyl (C=O) groups is 1. The lowest BCUT2D eigenvalue weighted by Crippen LogP contribution is -2.25. The summed E-state index contributed by atoms with van der Waals surface area (Å²) in [5.41, 5.74) is 3.26. The molecule has 0 aliphatic carbocycles. The van der Waals surface area contributed by atoms with E-state index in [1.165, 1.54) is 10.5 Å². The lowest BCUT2D eigenvalue weighted by Gasteiger charge is -2.15. The fourth-order valence-corrected chi connectivity index (χ4v) is 4.09. The van der Waals surface area contributed by atoms with Crippen LogP contribution in [0.2, 0.25) is 0 Å². The summed E-state index contributed by atoms with van der Waals surface area (Å²) >= 11 is 5.23. The van der Waals surface area contributed by atoms with Crippen LogP contribution in [-0.4, -0.2) is 11.2 Å². The number of alkyl halides is 1. The highest BCUT2D eigenvalue weighted by Crippen LogP contribution is 2.37. The molecule has 0 radical (unpaired) electrons. The van der Waals surface area contributed by atoms with E-state index < -0.39 is 0 Å². The zero-order chi connectivity index (χ0) is 14.8. The maximum absolute atomic E-state index is 12.5. The van der Waals surface area contributed by atoms with Crippen LogP contribution in [0.4, 0.5) is 5.69 Å². The normalized spacial score (nSPS) is 18.1. The van der Waals surface area contributed by atoms with Gasteiger partial charge in [-0.05, 0) is 36.6 Å². The van der Waals surface area contributed by atoms with Crippen molar-refractivity contribution in [1.29, 1.82) is 0 Å². The van der Waals surface area contributed by atoms with Crippen LogP contribution in [0.5, 0.6) is 0 Å². The second-order valence-corrected chi connectivity index (χ2v) is 7.73. The third kappa shape index (κ3) is 3.16. The molecule has 0 fully saturated rings. The number of amides is 1. The van der Waals surface area contributed by atoms with E-state index in [-0.39, 0.29) is 16.0 Å². The van der Waals surface area contributed by atoms with Crippen LogP contribution in [0.1, 0.15) is 22.9 Å². The molecule has 2 unspecified atom stereocenters. The fraction of sp³-hybridized carbons (Fsp3) is 0.235. The van der Waals surface area contributed by atoms with Crippen molar-refractivity contribution in [2.24, 2.45) is 0 Å². The molecule has 2 atom stereocenters. The van der Waals surface area contributed by atoms with Gasteiger partial charge in [0.2, 0.25) is 5.91 Å².